The smallest absolute Gasteiger partial charge is 0.324 e. The zero-order valence-electron chi connectivity index (χ0n) is 13.4. The van der Waals surface area contributed by atoms with Crippen LogP contribution in [0.3, 0.4) is 0 Å². The molecule has 0 aliphatic heterocycles. The van der Waals surface area contributed by atoms with Crippen molar-refractivity contribution < 1.29 is 18.0 Å². The highest BCUT2D eigenvalue weighted by atomic mass is 19.4. The minimum Gasteiger partial charge on any atom is -0.324 e. The van der Waals surface area contributed by atoms with Gasteiger partial charge in [-0.3, -0.25) is 4.79 Å². The van der Waals surface area contributed by atoms with Crippen molar-refractivity contribution in [2.24, 2.45) is 0 Å². The number of alkyl halides is 3. The fourth-order valence-corrected chi connectivity index (χ4v) is 2.74. The number of nitrogens with zero attached hydrogens (tertiary/aromatic N) is 2. The number of hydrogen-bond acceptors (Lipinski definition) is 2. The largest absolute Gasteiger partial charge is 0.416 e. The molecule has 0 N–H and O–H groups in total. The number of ketones is 1. The Morgan fingerprint density at radius 1 is 1.08 bits per heavy atom. The Kier molecular flexibility index (Phi) is 4.44. The van der Waals surface area contributed by atoms with Gasteiger partial charge >= 0.3 is 6.18 Å². The monoisotopic (exact) mass is 344 g/mol. The van der Waals surface area contributed by atoms with Gasteiger partial charge in [0.15, 0.2) is 5.82 Å². The fraction of sp³-hybridized carbons (Fsp3) is 0.158. The minimum absolute atomic E-state index is 0.00957. The summed E-state index contributed by atoms with van der Waals surface area (Å²) < 4.78 is 40.8. The van der Waals surface area contributed by atoms with Crippen molar-refractivity contribution in [3.8, 4) is 0 Å². The van der Waals surface area contributed by atoms with Gasteiger partial charge in [0.2, 0.25) is 5.78 Å². The summed E-state index contributed by atoms with van der Waals surface area (Å²) in [6, 6.07) is 13.1. The number of imidazole rings is 1. The summed E-state index contributed by atoms with van der Waals surface area (Å²) in [6.07, 6.45) is -1.39. The second kappa shape index (κ2) is 6.55. The average molecular weight is 344 g/mol. The quantitative estimate of drug-likeness (QED) is 0.654. The minimum atomic E-state index is -4.50. The molecule has 0 fully saturated rings. The highest BCUT2D eigenvalue weighted by molar-refractivity contribution is 6.07. The third-order valence-electron chi connectivity index (χ3n) is 4.00. The summed E-state index contributed by atoms with van der Waals surface area (Å²) in [4.78, 5) is 16.8. The molecule has 0 saturated carbocycles. The number of hydrogen-bond donors (Lipinski definition) is 0. The van der Waals surface area contributed by atoms with Crippen molar-refractivity contribution in [1.82, 2.24) is 9.55 Å². The summed E-state index contributed by atoms with van der Waals surface area (Å²) in [5.74, 6) is -0.407. The Morgan fingerprint density at radius 2 is 1.80 bits per heavy atom. The van der Waals surface area contributed by atoms with Crippen molar-refractivity contribution in [1.29, 1.82) is 0 Å². The standard InChI is InChI=1S/C19H15F3N2O/c1-13-15(8-5-9-16(13)19(20,21)22)17(25)18-23-10-11-24(18)12-14-6-3-2-4-7-14/h2-11H,12H2,1H3. The van der Waals surface area contributed by atoms with E-state index < -0.39 is 17.5 Å². The van der Waals surface area contributed by atoms with Crippen LogP contribution >= 0.6 is 0 Å². The lowest BCUT2D eigenvalue weighted by Crippen LogP contribution is -2.16. The Bertz CT molecular complexity index is 899. The number of halogens is 3. The van der Waals surface area contributed by atoms with Gasteiger partial charge in [0.05, 0.1) is 5.56 Å². The van der Waals surface area contributed by atoms with Crippen LogP contribution in [-0.2, 0) is 12.7 Å². The number of aromatic nitrogens is 2. The molecule has 1 aromatic heterocycles. The molecule has 0 bridgehead atoms. The first-order chi connectivity index (χ1) is 11.9. The van der Waals surface area contributed by atoms with Gasteiger partial charge in [0.25, 0.3) is 0 Å². The van der Waals surface area contributed by atoms with Crippen LogP contribution in [0.5, 0.6) is 0 Å². The Hall–Kier alpha value is -2.89. The van der Waals surface area contributed by atoms with Gasteiger partial charge in [0.1, 0.15) is 0 Å². The number of benzene rings is 2. The van der Waals surface area contributed by atoms with E-state index in [0.717, 1.165) is 11.6 Å². The van der Waals surface area contributed by atoms with E-state index in [1.807, 2.05) is 30.3 Å². The lowest BCUT2D eigenvalue weighted by atomic mass is 9.98. The van der Waals surface area contributed by atoms with Crippen LogP contribution in [0.4, 0.5) is 13.2 Å². The molecule has 25 heavy (non-hydrogen) atoms. The van der Waals surface area contributed by atoms with E-state index in [2.05, 4.69) is 4.98 Å². The third-order valence-corrected chi connectivity index (χ3v) is 4.00. The van der Waals surface area contributed by atoms with Crippen LogP contribution in [0.15, 0.2) is 60.9 Å². The second-order valence-electron chi connectivity index (χ2n) is 5.67. The normalized spacial score (nSPS) is 11.5. The molecule has 0 unspecified atom stereocenters. The van der Waals surface area contributed by atoms with Gasteiger partial charge in [-0.05, 0) is 24.1 Å². The van der Waals surface area contributed by atoms with Gasteiger partial charge in [0, 0.05) is 24.5 Å². The van der Waals surface area contributed by atoms with Crippen LogP contribution in [-0.4, -0.2) is 15.3 Å². The average Bonchev–Trinajstić information content (AvgIpc) is 3.02. The van der Waals surface area contributed by atoms with Crippen molar-refractivity contribution in [2.75, 3.05) is 0 Å². The molecule has 0 amide bonds. The zero-order valence-corrected chi connectivity index (χ0v) is 13.4. The molecule has 2 aromatic carbocycles. The van der Waals surface area contributed by atoms with E-state index in [4.69, 9.17) is 0 Å². The molecule has 0 atom stereocenters. The summed E-state index contributed by atoms with van der Waals surface area (Å²) in [5, 5.41) is 0. The fourth-order valence-electron chi connectivity index (χ4n) is 2.74. The predicted octanol–water partition coefficient (Wildman–Crippen LogP) is 4.49. The Morgan fingerprint density at radius 3 is 2.48 bits per heavy atom. The van der Waals surface area contributed by atoms with Crippen LogP contribution in [0.1, 0.15) is 32.9 Å². The first kappa shape index (κ1) is 17.0. The maximum Gasteiger partial charge on any atom is 0.416 e. The van der Waals surface area contributed by atoms with Gasteiger partial charge in [-0.1, -0.05) is 42.5 Å². The second-order valence-corrected chi connectivity index (χ2v) is 5.67. The van der Waals surface area contributed by atoms with Crippen LogP contribution in [0.25, 0.3) is 0 Å². The number of rotatable bonds is 4. The van der Waals surface area contributed by atoms with Gasteiger partial charge in [-0.15, -0.1) is 0 Å². The molecular formula is C19H15F3N2O. The van der Waals surface area contributed by atoms with E-state index in [1.165, 1.54) is 25.3 Å². The Balaban J connectivity index is 1.97. The van der Waals surface area contributed by atoms with E-state index >= 15 is 0 Å². The maximum atomic E-state index is 13.1. The van der Waals surface area contributed by atoms with Crippen molar-refractivity contribution in [3.05, 3.63) is 89.0 Å². The first-order valence-corrected chi connectivity index (χ1v) is 7.64. The summed E-state index contributed by atoms with van der Waals surface area (Å²) in [7, 11) is 0. The highest BCUT2D eigenvalue weighted by Gasteiger charge is 2.34. The molecular weight excluding hydrogens is 329 g/mol. The Labute approximate surface area is 142 Å². The molecule has 3 aromatic rings. The van der Waals surface area contributed by atoms with Crippen molar-refractivity contribution >= 4 is 5.78 Å². The van der Waals surface area contributed by atoms with Crippen molar-refractivity contribution in [3.63, 3.8) is 0 Å². The summed E-state index contributed by atoms with van der Waals surface area (Å²) >= 11 is 0. The van der Waals surface area contributed by atoms with Gasteiger partial charge < -0.3 is 4.57 Å². The summed E-state index contributed by atoms with van der Waals surface area (Å²) in [6.45, 7) is 1.72. The lowest BCUT2D eigenvalue weighted by Gasteiger charge is -2.14. The molecule has 3 nitrogen and oxygen atoms in total. The maximum absolute atomic E-state index is 13.1. The molecule has 1 heterocycles. The molecule has 0 aliphatic rings. The van der Waals surface area contributed by atoms with Crippen LogP contribution in [0.2, 0.25) is 0 Å². The topological polar surface area (TPSA) is 34.9 Å². The van der Waals surface area contributed by atoms with Crippen molar-refractivity contribution in [2.45, 2.75) is 19.6 Å². The highest BCUT2D eigenvalue weighted by Crippen LogP contribution is 2.33. The third kappa shape index (κ3) is 3.47. The molecule has 0 aliphatic carbocycles. The van der Waals surface area contributed by atoms with Crippen LogP contribution < -0.4 is 0 Å². The van der Waals surface area contributed by atoms with Crippen LogP contribution in [0, 0.1) is 6.92 Å². The van der Waals surface area contributed by atoms with E-state index in [1.54, 1.807) is 10.8 Å². The zero-order chi connectivity index (χ0) is 18.0. The first-order valence-electron chi connectivity index (χ1n) is 7.64. The molecule has 0 radical (unpaired) electrons. The molecule has 6 heteroatoms. The number of carbonyl (C=O) groups is 1. The molecule has 3 rings (SSSR count). The predicted molar refractivity (Wildman–Crippen MR) is 87.4 cm³/mol. The SMILES string of the molecule is Cc1c(C(=O)c2nccn2Cc2ccccc2)cccc1C(F)(F)F. The molecule has 128 valence electrons. The lowest BCUT2D eigenvalue weighted by molar-refractivity contribution is -0.138. The van der Waals surface area contributed by atoms with Gasteiger partial charge in [-0.25, -0.2) is 4.98 Å². The van der Waals surface area contributed by atoms with E-state index in [-0.39, 0.29) is 17.0 Å². The summed E-state index contributed by atoms with van der Waals surface area (Å²) in [5.41, 5.74) is 0.0828. The van der Waals surface area contributed by atoms with E-state index in [9.17, 15) is 18.0 Å². The molecule has 0 saturated heterocycles. The van der Waals surface area contributed by atoms with E-state index in [0.29, 0.717) is 6.54 Å². The molecule has 0 spiro atoms. The number of carbonyl (C=O) groups excluding carboxylic acids is 1. The van der Waals surface area contributed by atoms with Gasteiger partial charge in [-0.2, -0.15) is 13.2 Å².